The van der Waals surface area contributed by atoms with Crippen molar-refractivity contribution < 1.29 is 14.6 Å². The molecular formula is C25H35N7O3. The van der Waals surface area contributed by atoms with Gasteiger partial charge >= 0.3 is 0 Å². The number of anilines is 1. The molecule has 4 rings (SSSR count). The molecule has 2 aliphatic rings. The number of carbonyl (C=O) groups is 1. The Morgan fingerprint density at radius 2 is 2.03 bits per heavy atom. The van der Waals surface area contributed by atoms with Crippen LogP contribution in [0, 0.1) is 23.7 Å². The zero-order chi connectivity index (χ0) is 24.9. The highest BCUT2D eigenvalue weighted by Gasteiger charge is 2.32. The minimum atomic E-state index is -0.657. The van der Waals surface area contributed by atoms with E-state index in [-0.39, 0.29) is 23.8 Å². The van der Waals surface area contributed by atoms with E-state index in [4.69, 9.17) is 10.5 Å². The summed E-state index contributed by atoms with van der Waals surface area (Å²) in [5, 5.41) is 12.9. The first kappa shape index (κ1) is 24.8. The van der Waals surface area contributed by atoms with Crippen LogP contribution in [0.1, 0.15) is 63.9 Å². The highest BCUT2D eigenvalue weighted by Crippen LogP contribution is 2.34. The second-order valence-corrected chi connectivity index (χ2v) is 9.65. The molecule has 1 amide bonds. The Kier molecular flexibility index (Phi) is 7.76. The summed E-state index contributed by atoms with van der Waals surface area (Å²) in [7, 11) is 4.26. The van der Waals surface area contributed by atoms with Crippen molar-refractivity contribution in [1.82, 2.24) is 29.7 Å². The van der Waals surface area contributed by atoms with Crippen LogP contribution in [0.3, 0.4) is 0 Å². The molecule has 1 aliphatic heterocycles. The second kappa shape index (κ2) is 11.0. The number of hydrogen-bond donors (Lipinski definition) is 3. The molecule has 0 bridgehead atoms. The van der Waals surface area contributed by atoms with E-state index in [1.807, 2.05) is 0 Å². The average molecular weight is 482 g/mol. The zero-order valence-corrected chi connectivity index (χ0v) is 20.8. The fourth-order valence-corrected chi connectivity index (χ4v) is 4.73. The number of carbonyl (C=O) groups excluding carboxylic acids is 1. The largest absolute Gasteiger partial charge is 0.508 e. The van der Waals surface area contributed by atoms with Gasteiger partial charge in [0.25, 0.3) is 5.91 Å². The molecule has 2 aromatic rings. The number of aliphatic hydroxyl groups is 1. The summed E-state index contributed by atoms with van der Waals surface area (Å²) in [5.41, 5.74) is 7.02. The molecule has 3 heterocycles. The number of aliphatic hydroxyl groups excluding tert-OH is 1. The van der Waals surface area contributed by atoms with Crippen LogP contribution in [0.5, 0.6) is 0 Å². The molecule has 1 atom stereocenters. The van der Waals surface area contributed by atoms with Crippen LogP contribution in [-0.2, 0) is 9.53 Å². The first-order chi connectivity index (χ1) is 16.9. The third kappa shape index (κ3) is 5.85. The molecule has 0 radical (unpaired) electrons. The van der Waals surface area contributed by atoms with Gasteiger partial charge in [-0.05, 0) is 64.6 Å². The Balaban J connectivity index is 1.41. The molecule has 0 unspecified atom stereocenters. The van der Waals surface area contributed by atoms with Gasteiger partial charge in [-0.15, -0.1) is 0 Å². The van der Waals surface area contributed by atoms with E-state index in [2.05, 4.69) is 51.1 Å². The Morgan fingerprint density at radius 3 is 2.74 bits per heavy atom. The third-order valence-corrected chi connectivity index (χ3v) is 6.73. The first-order valence-corrected chi connectivity index (χ1v) is 12.4. The molecule has 4 N–H and O–H groups in total. The van der Waals surface area contributed by atoms with Crippen molar-refractivity contribution >= 4 is 22.9 Å². The summed E-state index contributed by atoms with van der Waals surface area (Å²) >= 11 is 0. The lowest BCUT2D eigenvalue weighted by Gasteiger charge is -2.28. The van der Waals surface area contributed by atoms with Gasteiger partial charge in [0, 0.05) is 13.0 Å². The van der Waals surface area contributed by atoms with Crippen LogP contribution in [0.4, 0.5) is 5.82 Å². The Morgan fingerprint density at radius 1 is 1.29 bits per heavy atom. The van der Waals surface area contributed by atoms with E-state index < -0.39 is 12.1 Å². The number of rotatable bonds is 7. The monoisotopic (exact) mass is 481 g/mol. The fourth-order valence-electron chi connectivity index (χ4n) is 4.73. The molecule has 1 aliphatic carbocycles. The smallest absolute Gasteiger partial charge is 0.290 e. The summed E-state index contributed by atoms with van der Waals surface area (Å²) in [5.74, 6) is 7.67. The van der Waals surface area contributed by atoms with Crippen LogP contribution in [0.15, 0.2) is 17.8 Å². The van der Waals surface area contributed by atoms with Crippen LogP contribution < -0.4 is 11.1 Å². The minimum Gasteiger partial charge on any atom is -0.508 e. The van der Waals surface area contributed by atoms with Gasteiger partial charge in [-0.25, -0.2) is 15.0 Å². The number of nitrogen functional groups attached to an aromatic ring is 1. The zero-order valence-electron chi connectivity index (χ0n) is 20.8. The topological polar surface area (TPSA) is 131 Å². The quantitative estimate of drug-likeness (QED) is 0.515. The van der Waals surface area contributed by atoms with Gasteiger partial charge in [0.15, 0.2) is 17.7 Å². The minimum absolute atomic E-state index is 0.0859. The maximum absolute atomic E-state index is 12.1. The molecule has 1 fully saturated rings. The van der Waals surface area contributed by atoms with Crippen molar-refractivity contribution in [3.05, 3.63) is 23.7 Å². The van der Waals surface area contributed by atoms with Gasteiger partial charge in [0.2, 0.25) is 11.6 Å². The van der Waals surface area contributed by atoms with E-state index in [1.54, 1.807) is 11.5 Å². The van der Waals surface area contributed by atoms with Gasteiger partial charge in [-0.1, -0.05) is 18.8 Å². The van der Waals surface area contributed by atoms with Crippen LogP contribution in [0.2, 0.25) is 0 Å². The molecule has 10 heteroatoms. The van der Waals surface area contributed by atoms with E-state index in [0.717, 1.165) is 18.9 Å². The molecule has 188 valence electrons. The molecule has 1 saturated carbocycles. The van der Waals surface area contributed by atoms with Gasteiger partial charge in [0.1, 0.15) is 17.6 Å². The average Bonchev–Trinajstić information content (AvgIpc) is 3.42. The SMILES string of the molecule is CCNC(=O)C1=C(O)C[C@H](n2cnc3c(N)nc(C#CCC4CCC(CCN(C)C)CC4)nc32)O1. The summed E-state index contributed by atoms with van der Waals surface area (Å²) in [4.78, 5) is 27.5. The second-order valence-electron chi connectivity index (χ2n) is 9.65. The van der Waals surface area contributed by atoms with Gasteiger partial charge in [0.05, 0.1) is 6.42 Å². The highest BCUT2D eigenvalue weighted by atomic mass is 16.5. The number of nitrogens with one attached hydrogen (secondary N) is 1. The Hall–Kier alpha value is -3.32. The van der Waals surface area contributed by atoms with E-state index in [0.29, 0.717) is 29.5 Å². The van der Waals surface area contributed by atoms with E-state index in [9.17, 15) is 9.90 Å². The van der Waals surface area contributed by atoms with Crippen LogP contribution in [0.25, 0.3) is 11.2 Å². The molecule has 35 heavy (non-hydrogen) atoms. The van der Waals surface area contributed by atoms with Crippen molar-refractivity contribution in [3.8, 4) is 11.8 Å². The number of aromatic nitrogens is 4. The highest BCUT2D eigenvalue weighted by molar-refractivity contribution is 5.92. The molecule has 0 spiro atoms. The lowest BCUT2D eigenvalue weighted by atomic mass is 9.79. The molecule has 2 aromatic heterocycles. The summed E-state index contributed by atoms with van der Waals surface area (Å²) in [6, 6.07) is 0. The number of imidazole rings is 1. The number of amides is 1. The summed E-state index contributed by atoms with van der Waals surface area (Å²) in [6.45, 7) is 3.38. The predicted molar refractivity (Wildman–Crippen MR) is 133 cm³/mol. The lowest BCUT2D eigenvalue weighted by Crippen LogP contribution is -2.25. The van der Waals surface area contributed by atoms with Crippen molar-refractivity contribution in [2.75, 3.05) is 32.9 Å². The van der Waals surface area contributed by atoms with Gasteiger partial charge in [-0.2, -0.15) is 0 Å². The fraction of sp³-hybridized carbons (Fsp3) is 0.600. The number of nitrogens with two attached hydrogens (primary N) is 1. The van der Waals surface area contributed by atoms with Crippen LogP contribution >= 0.6 is 0 Å². The first-order valence-electron chi connectivity index (χ1n) is 12.4. The number of fused-ring (bicyclic) bond motifs is 1. The predicted octanol–water partition coefficient (Wildman–Crippen LogP) is 2.73. The Bertz CT molecular complexity index is 1150. The lowest BCUT2D eigenvalue weighted by molar-refractivity contribution is -0.122. The number of nitrogens with zero attached hydrogens (tertiary/aromatic N) is 5. The molecule has 0 saturated heterocycles. The number of hydrogen-bond acceptors (Lipinski definition) is 8. The van der Waals surface area contributed by atoms with Crippen LogP contribution in [-0.4, -0.2) is 62.6 Å². The summed E-state index contributed by atoms with van der Waals surface area (Å²) < 4.78 is 7.37. The summed E-state index contributed by atoms with van der Waals surface area (Å²) in [6.07, 6.45) is 8.06. The van der Waals surface area contributed by atoms with Crippen molar-refractivity contribution in [2.24, 2.45) is 11.8 Å². The number of ether oxygens (including phenoxy) is 1. The number of likely N-dealkylation sites (N-methyl/N-ethyl adjacent to an activating group) is 1. The maximum atomic E-state index is 12.1. The van der Waals surface area contributed by atoms with Crippen molar-refractivity contribution in [1.29, 1.82) is 0 Å². The normalized spacial score (nSPS) is 22.2. The third-order valence-electron chi connectivity index (χ3n) is 6.73. The van der Waals surface area contributed by atoms with Crippen molar-refractivity contribution in [2.45, 2.75) is 58.1 Å². The van der Waals surface area contributed by atoms with Gasteiger partial charge in [-0.3, -0.25) is 9.36 Å². The molecule has 0 aromatic carbocycles. The van der Waals surface area contributed by atoms with Gasteiger partial charge < -0.3 is 25.8 Å². The van der Waals surface area contributed by atoms with E-state index in [1.165, 1.54) is 38.4 Å². The standard InChI is InChI=1S/C25H35N7O3/c1-4-27-25(34)22-18(33)14-20(35-22)32-15-28-21-23(26)29-19(30-24(21)32)7-5-6-16-8-10-17(11-9-16)12-13-31(2)3/h15-17,20,33H,4,6,8-14H2,1-3H3,(H,27,34)(H2,26,29,30)/t16?,17?,20-/m1/s1. The van der Waals surface area contributed by atoms with E-state index >= 15 is 0 Å². The van der Waals surface area contributed by atoms with Crippen molar-refractivity contribution in [3.63, 3.8) is 0 Å². The maximum Gasteiger partial charge on any atom is 0.290 e. The Labute approximate surface area is 206 Å². The molecule has 10 nitrogen and oxygen atoms in total. The molecular weight excluding hydrogens is 446 g/mol.